The number of aromatic nitrogens is 3. The molecule has 1 aliphatic heterocycles. The SMILES string of the molecule is COCCn1c(N2CCCC2)n[nH]c1=S. The van der Waals surface area contributed by atoms with E-state index in [1.54, 1.807) is 7.11 Å². The van der Waals surface area contributed by atoms with Crippen molar-refractivity contribution in [1.29, 1.82) is 0 Å². The third kappa shape index (κ3) is 2.21. The summed E-state index contributed by atoms with van der Waals surface area (Å²) in [6.07, 6.45) is 2.48. The third-order valence-electron chi connectivity index (χ3n) is 2.65. The average Bonchev–Trinajstić information content (AvgIpc) is 2.84. The number of ether oxygens (including phenoxy) is 1. The van der Waals surface area contributed by atoms with Gasteiger partial charge in [-0.2, -0.15) is 0 Å². The van der Waals surface area contributed by atoms with E-state index in [4.69, 9.17) is 17.0 Å². The number of anilines is 1. The summed E-state index contributed by atoms with van der Waals surface area (Å²) in [7, 11) is 1.69. The minimum absolute atomic E-state index is 0.661. The monoisotopic (exact) mass is 228 g/mol. The van der Waals surface area contributed by atoms with E-state index in [2.05, 4.69) is 15.1 Å². The number of hydrogen-bond donors (Lipinski definition) is 1. The van der Waals surface area contributed by atoms with Gasteiger partial charge in [0, 0.05) is 20.2 Å². The number of rotatable bonds is 4. The first-order chi connectivity index (χ1) is 7.33. The van der Waals surface area contributed by atoms with Crippen molar-refractivity contribution in [2.24, 2.45) is 0 Å². The van der Waals surface area contributed by atoms with Gasteiger partial charge in [0.15, 0.2) is 4.77 Å². The molecule has 0 aromatic carbocycles. The van der Waals surface area contributed by atoms with E-state index in [-0.39, 0.29) is 0 Å². The maximum atomic E-state index is 5.18. The lowest BCUT2D eigenvalue weighted by Gasteiger charge is -2.16. The molecule has 1 aliphatic rings. The second-order valence-electron chi connectivity index (χ2n) is 3.67. The van der Waals surface area contributed by atoms with Crippen LogP contribution in [-0.2, 0) is 11.3 Å². The van der Waals surface area contributed by atoms with Crippen molar-refractivity contribution in [1.82, 2.24) is 14.8 Å². The van der Waals surface area contributed by atoms with E-state index in [9.17, 15) is 0 Å². The fourth-order valence-corrected chi connectivity index (χ4v) is 2.07. The molecule has 1 saturated heterocycles. The summed E-state index contributed by atoms with van der Waals surface area (Å²) in [5.41, 5.74) is 0. The third-order valence-corrected chi connectivity index (χ3v) is 2.96. The number of aromatic amines is 1. The van der Waals surface area contributed by atoms with Crippen molar-refractivity contribution in [3.05, 3.63) is 4.77 Å². The summed E-state index contributed by atoms with van der Waals surface area (Å²) in [4.78, 5) is 2.27. The highest BCUT2D eigenvalue weighted by molar-refractivity contribution is 7.71. The van der Waals surface area contributed by atoms with Crippen LogP contribution in [0.3, 0.4) is 0 Å². The first-order valence-corrected chi connectivity index (χ1v) is 5.63. The molecule has 2 rings (SSSR count). The number of nitrogens with one attached hydrogen (secondary N) is 1. The highest BCUT2D eigenvalue weighted by atomic mass is 32.1. The Morgan fingerprint density at radius 1 is 1.47 bits per heavy atom. The highest BCUT2D eigenvalue weighted by Gasteiger charge is 2.17. The number of nitrogens with zero attached hydrogens (tertiary/aromatic N) is 3. The van der Waals surface area contributed by atoms with Crippen LogP contribution in [-0.4, -0.2) is 41.6 Å². The molecule has 0 amide bonds. The number of H-pyrrole nitrogens is 1. The van der Waals surface area contributed by atoms with Gasteiger partial charge in [-0.25, -0.2) is 5.10 Å². The Kier molecular flexibility index (Phi) is 3.37. The molecule has 2 heterocycles. The Hall–Kier alpha value is -0.880. The minimum atomic E-state index is 0.661. The molecule has 0 unspecified atom stereocenters. The normalized spacial score (nSPS) is 16.2. The lowest BCUT2D eigenvalue weighted by atomic mass is 10.4. The lowest BCUT2D eigenvalue weighted by molar-refractivity contribution is 0.187. The molecule has 1 aromatic rings. The summed E-state index contributed by atoms with van der Waals surface area (Å²) < 4.78 is 7.74. The van der Waals surface area contributed by atoms with Crippen LogP contribution in [0.25, 0.3) is 0 Å². The summed E-state index contributed by atoms with van der Waals surface area (Å²) >= 11 is 5.18. The zero-order valence-electron chi connectivity index (χ0n) is 8.90. The van der Waals surface area contributed by atoms with Crippen LogP contribution >= 0.6 is 12.2 Å². The summed E-state index contributed by atoms with van der Waals surface area (Å²) in [5, 5.41) is 7.11. The second-order valence-corrected chi connectivity index (χ2v) is 4.05. The largest absolute Gasteiger partial charge is 0.383 e. The van der Waals surface area contributed by atoms with E-state index in [0.717, 1.165) is 25.6 Å². The summed E-state index contributed by atoms with van der Waals surface area (Å²) in [6, 6.07) is 0. The fourth-order valence-electron chi connectivity index (χ4n) is 1.85. The van der Waals surface area contributed by atoms with E-state index in [1.165, 1.54) is 12.8 Å². The van der Waals surface area contributed by atoms with Crippen molar-refractivity contribution in [2.75, 3.05) is 31.7 Å². The molecule has 0 spiro atoms. The Balaban J connectivity index is 2.18. The molecule has 1 fully saturated rings. The molecule has 0 atom stereocenters. The van der Waals surface area contributed by atoms with Crippen LogP contribution in [0.15, 0.2) is 0 Å². The average molecular weight is 228 g/mol. The molecule has 0 bridgehead atoms. The van der Waals surface area contributed by atoms with Crippen molar-refractivity contribution in [2.45, 2.75) is 19.4 Å². The van der Waals surface area contributed by atoms with E-state index in [1.807, 2.05) is 4.57 Å². The standard InChI is InChI=1S/C9H16N4OS/c1-14-7-6-13-8(10-11-9(13)15)12-4-2-3-5-12/h2-7H2,1H3,(H,11,15). The quantitative estimate of drug-likeness (QED) is 0.786. The maximum absolute atomic E-state index is 5.18. The first kappa shape index (κ1) is 10.6. The zero-order valence-corrected chi connectivity index (χ0v) is 9.72. The Morgan fingerprint density at radius 3 is 2.87 bits per heavy atom. The van der Waals surface area contributed by atoms with Gasteiger partial charge in [-0.1, -0.05) is 0 Å². The molecule has 0 saturated carbocycles. The molecule has 1 aromatic heterocycles. The topological polar surface area (TPSA) is 46.1 Å². The van der Waals surface area contributed by atoms with Gasteiger partial charge in [0.05, 0.1) is 13.2 Å². The van der Waals surface area contributed by atoms with Crippen LogP contribution in [0.4, 0.5) is 5.95 Å². The van der Waals surface area contributed by atoms with Gasteiger partial charge in [0.2, 0.25) is 5.95 Å². The molecular weight excluding hydrogens is 212 g/mol. The van der Waals surface area contributed by atoms with Gasteiger partial charge in [0.25, 0.3) is 0 Å². The fraction of sp³-hybridized carbons (Fsp3) is 0.778. The molecule has 6 heteroatoms. The van der Waals surface area contributed by atoms with Gasteiger partial charge < -0.3 is 9.64 Å². The molecule has 0 aliphatic carbocycles. The van der Waals surface area contributed by atoms with Gasteiger partial charge in [-0.3, -0.25) is 4.57 Å². The smallest absolute Gasteiger partial charge is 0.225 e. The van der Waals surface area contributed by atoms with E-state index in [0.29, 0.717) is 11.4 Å². The zero-order chi connectivity index (χ0) is 10.7. The minimum Gasteiger partial charge on any atom is -0.383 e. The highest BCUT2D eigenvalue weighted by Crippen LogP contribution is 2.17. The van der Waals surface area contributed by atoms with Crippen LogP contribution in [0, 0.1) is 4.77 Å². The maximum Gasteiger partial charge on any atom is 0.225 e. The van der Waals surface area contributed by atoms with E-state index >= 15 is 0 Å². The van der Waals surface area contributed by atoms with Gasteiger partial charge >= 0.3 is 0 Å². The van der Waals surface area contributed by atoms with Crippen molar-refractivity contribution < 1.29 is 4.74 Å². The van der Waals surface area contributed by atoms with E-state index < -0.39 is 0 Å². The van der Waals surface area contributed by atoms with Crippen LogP contribution in [0.2, 0.25) is 0 Å². The number of hydrogen-bond acceptors (Lipinski definition) is 4. The molecule has 1 N–H and O–H groups in total. The Morgan fingerprint density at radius 2 is 2.20 bits per heavy atom. The molecule has 5 nitrogen and oxygen atoms in total. The van der Waals surface area contributed by atoms with Gasteiger partial charge in [-0.05, 0) is 25.1 Å². The van der Waals surface area contributed by atoms with Crippen molar-refractivity contribution in [3.63, 3.8) is 0 Å². The van der Waals surface area contributed by atoms with Crippen LogP contribution in [0.1, 0.15) is 12.8 Å². The van der Waals surface area contributed by atoms with Crippen molar-refractivity contribution in [3.8, 4) is 0 Å². The first-order valence-electron chi connectivity index (χ1n) is 5.22. The Labute approximate surface area is 94.0 Å². The van der Waals surface area contributed by atoms with Gasteiger partial charge in [0.1, 0.15) is 0 Å². The lowest BCUT2D eigenvalue weighted by Crippen LogP contribution is -2.23. The van der Waals surface area contributed by atoms with Crippen molar-refractivity contribution >= 4 is 18.2 Å². The Bertz CT molecular complexity index is 366. The second kappa shape index (κ2) is 4.76. The summed E-state index contributed by atoms with van der Waals surface area (Å²) in [5.74, 6) is 0.953. The predicted molar refractivity (Wildman–Crippen MR) is 60.7 cm³/mol. The van der Waals surface area contributed by atoms with Crippen LogP contribution < -0.4 is 4.90 Å². The van der Waals surface area contributed by atoms with Gasteiger partial charge in [-0.15, -0.1) is 5.10 Å². The molecule has 0 radical (unpaired) electrons. The molecular formula is C9H16N4OS. The predicted octanol–water partition coefficient (Wildman–Crippen LogP) is 1.19. The van der Waals surface area contributed by atoms with Crippen LogP contribution in [0.5, 0.6) is 0 Å². The molecule has 84 valence electrons. The number of methoxy groups -OCH3 is 1. The summed E-state index contributed by atoms with van der Waals surface area (Å²) in [6.45, 7) is 3.57. The molecule has 15 heavy (non-hydrogen) atoms.